The van der Waals surface area contributed by atoms with E-state index in [0.717, 1.165) is 24.0 Å². The Balaban J connectivity index is 3.22. The minimum Gasteiger partial charge on any atom is -0.376 e. The zero-order valence-corrected chi connectivity index (χ0v) is 12.0. The Morgan fingerprint density at radius 3 is 2.28 bits per heavy atom. The van der Waals surface area contributed by atoms with E-state index in [2.05, 4.69) is 19.2 Å². The van der Waals surface area contributed by atoms with E-state index in [0.29, 0.717) is 0 Å². The molecule has 0 radical (unpaired) electrons. The molecule has 0 saturated carbocycles. The zero-order valence-electron chi connectivity index (χ0n) is 12.0. The summed E-state index contributed by atoms with van der Waals surface area (Å²) in [6.07, 6.45) is 1.75. The average molecular weight is 253 g/mol. The smallest absolute Gasteiger partial charge is 0.123 e. The van der Waals surface area contributed by atoms with Crippen LogP contribution in [0, 0.1) is 12.7 Å². The maximum atomic E-state index is 13.6. The molecular weight excluding hydrogens is 229 g/mol. The molecule has 0 bridgehead atoms. The van der Waals surface area contributed by atoms with Crippen LogP contribution in [0.5, 0.6) is 0 Å². The first-order chi connectivity index (χ1) is 8.52. The van der Waals surface area contributed by atoms with Crippen LogP contribution in [0.1, 0.15) is 43.9 Å². The number of ether oxygens (including phenoxy) is 1. The summed E-state index contributed by atoms with van der Waals surface area (Å²) >= 11 is 0. The molecule has 0 fully saturated rings. The van der Waals surface area contributed by atoms with E-state index in [-0.39, 0.29) is 17.5 Å². The van der Waals surface area contributed by atoms with Gasteiger partial charge in [0.25, 0.3) is 0 Å². The quantitative estimate of drug-likeness (QED) is 0.836. The molecule has 0 spiro atoms. The van der Waals surface area contributed by atoms with E-state index in [9.17, 15) is 4.39 Å². The Morgan fingerprint density at radius 1 is 1.28 bits per heavy atom. The number of halogens is 1. The Kier molecular flexibility index (Phi) is 5.29. The van der Waals surface area contributed by atoms with E-state index < -0.39 is 0 Å². The maximum absolute atomic E-state index is 13.6. The van der Waals surface area contributed by atoms with Gasteiger partial charge in [-0.1, -0.05) is 19.9 Å². The predicted molar refractivity (Wildman–Crippen MR) is 73.3 cm³/mol. The monoisotopic (exact) mass is 253 g/mol. The Hall–Kier alpha value is -0.930. The number of likely N-dealkylation sites (N-methyl/N-ethyl adjacent to an activating group) is 1. The topological polar surface area (TPSA) is 21.3 Å². The number of nitrogens with one attached hydrogen (secondary N) is 1. The Morgan fingerprint density at radius 2 is 1.89 bits per heavy atom. The lowest BCUT2D eigenvalue weighted by Gasteiger charge is -2.38. The third-order valence-electron chi connectivity index (χ3n) is 3.82. The number of hydrogen-bond acceptors (Lipinski definition) is 2. The van der Waals surface area contributed by atoms with Gasteiger partial charge in [-0.05, 0) is 50.1 Å². The summed E-state index contributed by atoms with van der Waals surface area (Å²) < 4.78 is 19.3. The molecular formula is C15H24FNO. The standard InChI is InChI=1S/C15H24FNO/c1-6-15(7-2,18-5)14(17-4)12-8-11(3)9-13(16)10-12/h8-10,14,17H,6-7H2,1-5H3. The van der Waals surface area contributed by atoms with Crippen LogP contribution in [0.25, 0.3) is 0 Å². The SMILES string of the molecule is CCC(CC)(OC)C(NC)c1cc(C)cc(F)c1. The molecule has 1 aromatic carbocycles. The summed E-state index contributed by atoms with van der Waals surface area (Å²) in [6.45, 7) is 6.11. The van der Waals surface area contributed by atoms with Crippen LogP contribution in [-0.2, 0) is 4.74 Å². The minimum absolute atomic E-state index is 0.00750. The number of rotatable bonds is 6. The van der Waals surface area contributed by atoms with Crippen LogP contribution < -0.4 is 5.32 Å². The fraction of sp³-hybridized carbons (Fsp3) is 0.600. The van der Waals surface area contributed by atoms with Crippen molar-refractivity contribution in [2.75, 3.05) is 14.2 Å². The highest BCUT2D eigenvalue weighted by atomic mass is 19.1. The molecule has 1 aromatic rings. The summed E-state index contributed by atoms with van der Waals surface area (Å²) in [5.41, 5.74) is 1.58. The molecule has 0 aliphatic rings. The second-order valence-corrected chi connectivity index (χ2v) is 4.76. The Bertz CT molecular complexity index is 360. The second-order valence-electron chi connectivity index (χ2n) is 4.76. The molecule has 1 N–H and O–H groups in total. The molecule has 1 atom stereocenters. The van der Waals surface area contributed by atoms with Crippen LogP contribution in [0.15, 0.2) is 18.2 Å². The highest BCUT2D eigenvalue weighted by Gasteiger charge is 2.36. The highest BCUT2D eigenvalue weighted by molar-refractivity contribution is 5.28. The molecule has 3 heteroatoms. The third kappa shape index (κ3) is 2.90. The van der Waals surface area contributed by atoms with E-state index in [4.69, 9.17) is 4.74 Å². The van der Waals surface area contributed by atoms with Gasteiger partial charge in [0.05, 0.1) is 11.6 Å². The van der Waals surface area contributed by atoms with Crippen LogP contribution in [0.4, 0.5) is 4.39 Å². The maximum Gasteiger partial charge on any atom is 0.123 e. The molecule has 0 saturated heterocycles. The molecule has 1 unspecified atom stereocenters. The lowest BCUT2D eigenvalue weighted by molar-refractivity contribution is -0.0468. The highest BCUT2D eigenvalue weighted by Crippen LogP contribution is 2.35. The van der Waals surface area contributed by atoms with E-state index in [1.165, 1.54) is 0 Å². The number of hydrogen-bond donors (Lipinski definition) is 1. The number of methoxy groups -OCH3 is 1. The van der Waals surface area contributed by atoms with Crippen molar-refractivity contribution in [2.24, 2.45) is 0 Å². The van der Waals surface area contributed by atoms with Gasteiger partial charge in [0, 0.05) is 7.11 Å². The molecule has 0 heterocycles. The van der Waals surface area contributed by atoms with Crippen molar-refractivity contribution in [1.82, 2.24) is 5.32 Å². The van der Waals surface area contributed by atoms with Crippen LogP contribution >= 0.6 is 0 Å². The van der Waals surface area contributed by atoms with Crippen LogP contribution in [0.2, 0.25) is 0 Å². The van der Waals surface area contributed by atoms with Gasteiger partial charge in [-0.25, -0.2) is 4.39 Å². The second kappa shape index (κ2) is 6.30. The van der Waals surface area contributed by atoms with E-state index >= 15 is 0 Å². The first-order valence-electron chi connectivity index (χ1n) is 6.52. The van der Waals surface area contributed by atoms with Gasteiger partial charge < -0.3 is 10.1 Å². The molecule has 18 heavy (non-hydrogen) atoms. The first kappa shape index (κ1) is 15.1. The number of benzene rings is 1. The van der Waals surface area contributed by atoms with Gasteiger partial charge in [0.2, 0.25) is 0 Å². The zero-order chi connectivity index (χ0) is 13.8. The van der Waals surface area contributed by atoms with Crippen molar-refractivity contribution in [3.8, 4) is 0 Å². The fourth-order valence-electron chi connectivity index (χ4n) is 2.73. The van der Waals surface area contributed by atoms with Crippen molar-refractivity contribution in [2.45, 2.75) is 45.3 Å². The molecule has 1 rings (SSSR count). The molecule has 0 amide bonds. The number of aryl methyl sites for hydroxylation is 1. The molecule has 2 nitrogen and oxygen atoms in total. The summed E-state index contributed by atoms with van der Waals surface area (Å²) in [6, 6.07) is 5.14. The third-order valence-corrected chi connectivity index (χ3v) is 3.82. The van der Waals surface area contributed by atoms with Crippen LogP contribution in [0.3, 0.4) is 0 Å². The van der Waals surface area contributed by atoms with E-state index in [1.807, 2.05) is 20.0 Å². The van der Waals surface area contributed by atoms with Gasteiger partial charge in [0.15, 0.2) is 0 Å². The predicted octanol–water partition coefficient (Wildman–Crippen LogP) is 3.60. The summed E-state index contributed by atoms with van der Waals surface area (Å²) in [5, 5.41) is 3.27. The van der Waals surface area contributed by atoms with Gasteiger partial charge in [-0.3, -0.25) is 0 Å². The Labute approximate surface area is 110 Å². The first-order valence-corrected chi connectivity index (χ1v) is 6.52. The van der Waals surface area contributed by atoms with Crippen molar-refractivity contribution in [1.29, 1.82) is 0 Å². The molecule has 0 aliphatic carbocycles. The van der Waals surface area contributed by atoms with Crippen LogP contribution in [-0.4, -0.2) is 19.8 Å². The van der Waals surface area contributed by atoms with Crippen molar-refractivity contribution >= 4 is 0 Å². The molecule has 102 valence electrons. The average Bonchev–Trinajstić information content (AvgIpc) is 2.35. The van der Waals surface area contributed by atoms with Gasteiger partial charge in [-0.2, -0.15) is 0 Å². The lowest BCUT2D eigenvalue weighted by Crippen LogP contribution is -2.43. The summed E-state index contributed by atoms with van der Waals surface area (Å²) in [7, 11) is 3.62. The van der Waals surface area contributed by atoms with E-state index in [1.54, 1.807) is 19.2 Å². The van der Waals surface area contributed by atoms with Gasteiger partial charge in [0.1, 0.15) is 5.82 Å². The summed E-state index contributed by atoms with van der Waals surface area (Å²) in [4.78, 5) is 0. The molecule has 0 aromatic heterocycles. The van der Waals surface area contributed by atoms with Crippen molar-refractivity contribution < 1.29 is 9.13 Å². The van der Waals surface area contributed by atoms with Gasteiger partial charge in [-0.15, -0.1) is 0 Å². The van der Waals surface area contributed by atoms with Crippen molar-refractivity contribution in [3.05, 3.63) is 35.1 Å². The van der Waals surface area contributed by atoms with Gasteiger partial charge >= 0.3 is 0 Å². The fourth-order valence-corrected chi connectivity index (χ4v) is 2.73. The minimum atomic E-state index is -0.297. The largest absolute Gasteiger partial charge is 0.376 e. The summed E-state index contributed by atoms with van der Waals surface area (Å²) in [5.74, 6) is -0.192. The lowest BCUT2D eigenvalue weighted by atomic mass is 9.83. The normalized spacial score (nSPS) is 13.7. The van der Waals surface area contributed by atoms with Crippen molar-refractivity contribution in [3.63, 3.8) is 0 Å². The molecule has 0 aliphatic heterocycles.